The number of benzene rings is 1. The number of nitrogens with one attached hydrogen (secondary N) is 1. The van der Waals surface area contributed by atoms with Gasteiger partial charge in [0.05, 0.1) is 6.20 Å². The fraction of sp³-hybridized carbons (Fsp3) is 0.286. The van der Waals surface area contributed by atoms with E-state index < -0.39 is 0 Å². The number of hydrogen-bond donors (Lipinski definition) is 1. The Morgan fingerprint density at radius 1 is 1.21 bits per heavy atom. The van der Waals surface area contributed by atoms with Crippen LogP contribution in [0.25, 0.3) is 0 Å². The van der Waals surface area contributed by atoms with E-state index >= 15 is 0 Å². The van der Waals surface area contributed by atoms with Gasteiger partial charge in [0.15, 0.2) is 0 Å². The minimum absolute atomic E-state index is 0.0920. The monoisotopic (exact) mass is 295 g/mol. The fourth-order valence-electron chi connectivity index (χ4n) is 1.78. The highest BCUT2D eigenvalue weighted by Crippen LogP contribution is 2.24. The molecule has 0 spiro atoms. The molecule has 2 aromatic rings. The number of aryl methyl sites for hydroxylation is 1. The molecule has 2 rings (SSSR count). The van der Waals surface area contributed by atoms with E-state index in [9.17, 15) is 0 Å². The van der Waals surface area contributed by atoms with Crippen LogP contribution in [-0.2, 0) is 6.42 Å². The van der Waals surface area contributed by atoms with Crippen LogP contribution in [0.5, 0.6) is 0 Å². The van der Waals surface area contributed by atoms with Gasteiger partial charge in [0, 0.05) is 6.04 Å². The summed E-state index contributed by atoms with van der Waals surface area (Å²) in [5, 5.41) is 3.88. The van der Waals surface area contributed by atoms with Crippen LogP contribution in [0.2, 0.25) is 10.3 Å². The molecule has 0 radical (unpaired) electrons. The number of aromatic nitrogens is 2. The molecule has 0 bridgehead atoms. The third kappa shape index (κ3) is 3.58. The maximum atomic E-state index is 6.03. The molecule has 1 heterocycles. The van der Waals surface area contributed by atoms with Gasteiger partial charge in [-0.3, -0.25) is 0 Å². The van der Waals surface area contributed by atoms with Gasteiger partial charge in [-0.25, -0.2) is 4.98 Å². The van der Waals surface area contributed by atoms with E-state index in [1.54, 1.807) is 0 Å². The van der Waals surface area contributed by atoms with Crippen LogP contribution in [0, 0.1) is 0 Å². The van der Waals surface area contributed by atoms with Gasteiger partial charge in [-0.05, 0) is 36.1 Å². The molecule has 1 aromatic heterocycles. The third-order valence-corrected chi connectivity index (χ3v) is 3.41. The summed E-state index contributed by atoms with van der Waals surface area (Å²) in [6.45, 7) is 4.19. The molecular weight excluding hydrogens is 281 g/mol. The average molecular weight is 296 g/mol. The predicted molar refractivity (Wildman–Crippen MR) is 79.9 cm³/mol. The minimum Gasteiger partial charge on any atom is -0.362 e. The smallest absolute Gasteiger partial charge is 0.224 e. The molecule has 5 heteroatoms. The zero-order chi connectivity index (χ0) is 13.8. The topological polar surface area (TPSA) is 37.8 Å². The van der Waals surface area contributed by atoms with E-state index in [0.29, 0.717) is 10.8 Å². The molecule has 0 saturated heterocycles. The van der Waals surface area contributed by atoms with Crippen molar-refractivity contribution in [3.8, 4) is 0 Å². The number of halogens is 2. The maximum absolute atomic E-state index is 6.03. The Labute approximate surface area is 123 Å². The molecule has 19 heavy (non-hydrogen) atoms. The second-order valence-corrected chi connectivity index (χ2v) is 5.04. The molecule has 0 aliphatic rings. The van der Waals surface area contributed by atoms with Crippen LogP contribution in [-0.4, -0.2) is 9.97 Å². The molecule has 1 atom stereocenters. The van der Waals surface area contributed by atoms with Crippen molar-refractivity contribution in [3.05, 3.63) is 51.9 Å². The fourth-order valence-corrected chi connectivity index (χ4v) is 2.06. The maximum Gasteiger partial charge on any atom is 0.224 e. The van der Waals surface area contributed by atoms with Crippen molar-refractivity contribution in [2.45, 2.75) is 26.3 Å². The highest BCUT2D eigenvalue weighted by atomic mass is 35.5. The summed E-state index contributed by atoms with van der Waals surface area (Å²) in [5.74, 6) is 0.550. The van der Waals surface area contributed by atoms with Gasteiger partial charge in [-0.2, -0.15) is 4.98 Å². The molecule has 1 aromatic carbocycles. The Balaban J connectivity index is 2.15. The Kier molecular flexibility index (Phi) is 4.61. The Hall–Kier alpha value is -1.32. The first-order valence-corrected chi connectivity index (χ1v) is 6.89. The molecule has 100 valence electrons. The standard InChI is InChI=1S/C14H15Cl2N3/c1-3-10-4-6-11(7-5-10)9(2)18-13-12(15)8-17-14(16)19-13/h4-9H,3H2,1-2H3,(H,17,18,19). The highest BCUT2D eigenvalue weighted by molar-refractivity contribution is 6.33. The summed E-state index contributed by atoms with van der Waals surface area (Å²) in [5.41, 5.74) is 2.49. The van der Waals surface area contributed by atoms with Crippen molar-refractivity contribution in [2.24, 2.45) is 0 Å². The lowest BCUT2D eigenvalue weighted by atomic mass is 10.1. The summed E-state index contributed by atoms with van der Waals surface area (Å²) >= 11 is 11.8. The van der Waals surface area contributed by atoms with Crippen molar-refractivity contribution in [2.75, 3.05) is 5.32 Å². The zero-order valence-electron chi connectivity index (χ0n) is 10.8. The number of anilines is 1. The van der Waals surface area contributed by atoms with E-state index in [-0.39, 0.29) is 11.3 Å². The first kappa shape index (κ1) is 14.1. The van der Waals surface area contributed by atoms with Crippen molar-refractivity contribution >= 4 is 29.0 Å². The summed E-state index contributed by atoms with van der Waals surface area (Å²) in [6, 6.07) is 8.55. The lowest BCUT2D eigenvalue weighted by Crippen LogP contribution is -2.08. The molecule has 1 unspecified atom stereocenters. The lowest BCUT2D eigenvalue weighted by Gasteiger charge is -2.16. The van der Waals surface area contributed by atoms with E-state index in [0.717, 1.165) is 6.42 Å². The van der Waals surface area contributed by atoms with E-state index in [2.05, 4.69) is 46.5 Å². The molecule has 0 fully saturated rings. The molecule has 0 saturated carbocycles. The summed E-state index contributed by atoms with van der Waals surface area (Å²) in [6.07, 6.45) is 2.53. The quantitative estimate of drug-likeness (QED) is 0.843. The van der Waals surface area contributed by atoms with Crippen molar-refractivity contribution in [3.63, 3.8) is 0 Å². The Morgan fingerprint density at radius 2 is 1.89 bits per heavy atom. The SMILES string of the molecule is CCc1ccc(C(C)Nc2nc(Cl)ncc2Cl)cc1. The first-order chi connectivity index (χ1) is 9.10. The van der Waals surface area contributed by atoms with Gasteiger partial charge in [0.2, 0.25) is 5.28 Å². The first-order valence-electron chi connectivity index (χ1n) is 6.13. The van der Waals surface area contributed by atoms with Gasteiger partial charge < -0.3 is 5.32 Å². The Bertz CT molecular complexity index is 555. The van der Waals surface area contributed by atoms with Gasteiger partial charge in [0.25, 0.3) is 0 Å². The number of rotatable bonds is 4. The summed E-state index contributed by atoms with van der Waals surface area (Å²) < 4.78 is 0. The Morgan fingerprint density at radius 3 is 2.53 bits per heavy atom. The molecule has 0 aliphatic heterocycles. The predicted octanol–water partition coefficient (Wildman–Crippen LogP) is 4.52. The van der Waals surface area contributed by atoms with Crippen LogP contribution < -0.4 is 5.32 Å². The van der Waals surface area contributed by atoms with Crippen molar-refractivity contribution < 1.29 is 0 Å². The largest absolute Gasteiger partial charge is 0.362 e. The zero-order valence-corrected chi connectivity index (χ0v) is 12.3. The van der Waals surface area contributed by atoms with Gasteiger partial charge in [0.1, 0.15) is 10.8 Å². The van der Waals surface area contributed by atoms with Crippen LogP contribution in [0.3, 0.4) is 0 Å². The second kappa shape index (κ2) is 6.22. The van der Waals surface area contributed by atoms with Crippen molar-refractivity contribution in [1.82, 2.24) is 9.97 Å². The lowest BCUT2D eigenvalue weighted by molar-refractivity contribution is 0.870. The van der Waals surface area contributed by atoms with Crippen LogP contribution >= 0.6 is 23.2 Å². The van der Waals surface area contributed by atoms with Crippen molar-refractivity contribution in [1.29, 1.82) is 0 Å². The van der Waals surface area contributed by atoms with Crippen LogP contribution in [0.15, 0.2) is 30.5 Å². The van der Waals surface area contributed by atoms with Crippen LogP contribution in [0.1, 0.15) is 31.0 Å². The minimum atomic E-state index is 0.0920. The number of nitrogens with zero attached hydrogens (tertiary/aromatic N) is 2. The third-order valence-electron chi connectivity index (χ3n) is 2.96. The van der Waals surface area contributed by atoms with Gasteiger partial charge in [-0.15, -0.1) is 0 Å². The van der Waals surface area contributed by atoms with E-state index in [1.807, 2.05) is 6.92 Å². The van der Waals surface area contributed by atoms with E-state index in [1.165, 1.54) is 17.3 Å². The van der Waals surface area contributed by atoms with Gasteiger partial charge in [-0.1, -0.05) is 42.8 Å². The van der Waals surface area contributed by atoms with Gasteiger partial charge >= 0.3 is 0 Å². The molecule has 1 N–H and O–H groups in total. The number of hydrogen-bond acceptors (Lipinski definition) is 3. The summed E-state index contributed by atoms with van der Waals surface area (Å²) in [4.78, 5) is 7.91. The molecular formula is C14H15Cl2N3. The molecule has 3 nitrogen and oxygen atoms in total. The summed E-state index contributed by atoms with van der Waals surface area (Å²) in [7, 11) is 0. The molecule has 0 amide bonds. The second-order valence-electron chi connectivity index (χ2n) is 4.30. The van der Waals surface area contributed by atoms with E-state index in [4.69, 9.17) is 23.2 Å². The van der Waals surface area contributed by atoms with Crippen LogP contribution in [0.4, 0.5) is 5.82 Å². The average Bonchev–Trinajstić information content (AvgIpc) is 2.43. The highest BCUT2D eigenvalue weighted by Gasteiger charge is 2.10. The molecule has 0 aliphatic carbocycles. The normalized spacial score (nSPS) is 12.2.